The molecule has 2 atom stereocenters. The van der Waals surface area contributed by atoms with Crippen molar-refractivity contribution in [3.63, 3.8) is 0 Å². The molecule has 0 amide bonds. The third-order valence-corrected chi connectivity index (χ3v) is 8.88. The number of halogens is 1. The van der Waals surface area contributed by atoms with E-state index in [1.165, 1.54) is 32.1 Å². The average molecular weight is 448 g/mol. The monoisotopic (exact) mass is 447 g/mol. The molecule has 5 aliphatic carbocycles. The van der Waals surface area contributed by atoms with Crippen LogP contribution in [0.4, 0.5) is 5.69 Å². The van der Waals surface area contributed by atoms with E-state index in [4.69, 9.17) is 11.6 Å². The number of aliphatic carboxylic acids is 1. The van der Waals surface area contributed by atoms with Crippen molar-refractivity contribution in [1.82, 2.24) is 9.78 Å². The summed E-state index contributed by atoms with van der Waals surface area (Å²) in [4.78, 5) is 25.0. The van der Waals surface area contributed by atoms with Gasteiger partial charge >= 0.3 is 5.97 Å². The molecule has 1 heterocycles. The van der Waals surface area contributed by atoms with Gasteiger partial charge in [-0.2, -0.15) is 5.10 Å². The van der Waals surface area contributed by atoms with Crippen LogP contribution in [0.1, 0.15) is 89.9 Å². The molecule has 1 aromatic rings. The van der Waals surface area contributed by atoms with Crippen molar-refractivity contribution in [1.29, 1.82) is 0 Å². The lowest BCUT2D eigenvalue weighted by molar-refractivity contribution is -0.151. The summed E-state index contributed by atoms with van der Waals surface area (Å²) >= 11 is 6.62. The van der Waals surface area contributed by atoms with E-state index in [0.29, 0.717) is 23.6 Å². The van der Waals surface area contributed by atoms with Crippen molar-refractivity contribution in [2.75, 3.05) is 5.32 Å². The molecule has 0 spiro atoms. The van der Waals surface area contributed by atoms with Gasteiger partial charge in [0.2, 0.25) is 0 Å². The topological polar surface area (TPSA) is 84.2 Å². The number of carboxylic acid groups (broad SMARTS) is 1. The second kappa shape index (κ2) is 8.09. The Morgan fingerprint density at radius 2 is 1.77 bits per heavy atom. The van der Waals surface area contributed by atoms with Crippen molar-refractivity contribution in [3.05, 3.63) is 21.6 Å². The molecular formula is C24H34ClN3O3. The molecule has 6 rings (SSSR count). The quantitative estimate of drug-likeness (QED) is 0.648. The van der Waals surface area contributed by atoms with E-state index in [2.05, 4.69) is 10.4 Å². The maximum absolute atomic E-state index is 13.4. The Labute approximate surface area is 188 Å². The van der Waals surface area contributed by atoms with Gasteiger partial charge in [-0.3, -0.25) is 9.59 Å². The number of anilines is 1. The van der Waals surface area contributed by atoms with Gasteiger partial charge < -0.3 is 10.4 Å². The Morgan fingerprint density at radius 3 is 2.42 bits per heavy atom. The highest BCUT2D eigenvalue weighted by molar-refractivity contribution is 6.32. The predicted molar refractivity (Wildman–Crippen MR) is 121 cm³/mol. The molecule has 4 bridgehead atoms. The number of aromatic nitrogens is 2. The van der Waals surface area contributed by atoms with E-state index in [1.54, 1.807) is 10.9 Å². The molecule has 7 heteroatoms. The average Bonchev–Trinajstić information content (AvgIpc) is 2.65. The summed E-state index contributed by atoms with van der Waals surface area (Å²) in [5.41, 5.74) is -0.137. The third kappa shape index (κ3) is 4.01. The molecule has 31 heavy (non-hydrogen) atoms. The zero-order valence-electron chi connectivity index (χ0n) is 18.2. The summed E-state index contributed by atoms with van der Waals surface area (Å²) in [6, 6.07) is 0.341. The SMILES string of the molecule is O=C(O)CC12CC3CC(C1)CC(n1ncc(NC4CCCCCCC4)c(Cl)c1=O)(C3)C2. The van der Waals surface area contributed by atoms with Crippen molar-refractivity contribution in [2.45, 2.75) is 101 Å². The zero-order chi connectivity index (χ0) is 21.6. The fourth-order valence-electron chi connectivity index (χ4n) is 7.87. The van der Waals surface area contributed by atoms with Crippen LogP contribution in [-0.4, -0.2) is 26.9 Å². The maximum atomic E-state index is 13.4. The molecule has 0 aromatic carbocycles. The van der Waals surface area contributed by atoms with E-state index in [0.717, 1.165) is 51.4 Å². The van der Waals surface area contributed by atoms with Crippen molar-refractivity contribution in [3.8, 4) is 0 Å². The van der Waals surface area contributed by atoms with Crippen molar-refractivity contribution >= 4 is 23.3 Å². The van der Waals surface area contributed by atoms with E-state index in [1.807, 2.05) is 0 Å². The lowest BCUT2D eigenvalue weighted by Crippen LogP contribution is -2.59. The Hall–Kier alpha value is -1.56. The number of carboxylic acids is 1. The fourth-order valence-corrected chi connectivity index (χ4v) is 8.05. The minimum absolute atomic E-state index is 0.195. The first-order valence-electron chi connectivity index (χ1n) is 12.1. The Bertz CT molecular complexity index is 892. The smallest absolute Gasteiger partial charge is 0.303 e. The van der Waals surface area contributed by atoms with Crippen LogP contribution in [0.5, 0.6) is 0 Å². The van der Waals surface area contributed by atoms with Gasteiger partial charge in [0.05, 0.1) is 23.8 Å². The summed E-state index contributed by atoms with van der Waals surface area (Å²) in [5.74, 6) is 0.246. The molecule has 2 unspecified atom stereocenters. The number of hydrogen-bond donors (Lipinski definition) is 2. The summed E-state index contributed by atoms with van der Waals surface area (Å²) in [7, 11) is 0. The largest absolute Gasteiger partial charge is 0.481 e. The third-order valence-electron chi connectivity index (χ3n) is 8.51. The zero-order valence-corrected chi connectivity index (χ0v) is 19.0. The van der Waals surface area contributed by atoms with Crippen molar-refractivity contribution in [2.24, 2.45) is 17.3 Å². The highest BCUT2D eigenvalue weighted by Crippen LogP contribution is 2.65. The molecular weight excluding hydrogens is 414 g/mol. The molecule has 0 aliphatic heterocycles. The van der Waals surface area contributed by atoms with Gasteiger partial charge in [0.25, 0.3) is 5.56 Å². The van der Waals surface area contributed by atoms with E-state index >= 15 is 0 Å². The summed E-state index contributed by atoms with van der Waals surface area (Å²) in [6.45, 7) is 0. The standard InChI is InChI=1S/C24H34ClN3O3/c25-21-19(27-18-6-4-2-1-3-5-7-18)14-26-28(22(21)31)24-11-16-8-17(12-24)10-23(9-16,15-24)13-20(29)30/h14,16-18,27H,1-13,15H2,(H,29,30). The van der Waals surface area contributed by atoms with Gasteiger partial charge in [-0.1, -0.05) is 43.7 Å². The van der Waals surface area contributed by atoms with Crippen LogP contribution in [-0.2, 0) is 10.3 Å². The number of nitrogens with one attached hydrogen (secondary N) is 1. The maximum Gasteiger partial charge on any atom is 0.303 e. The molecule has 0 radical (unpaired) electrons. The van der Waals surface area contributed by atoms with Crippen LogP contribution in [0.25, 0.3) is 0 Å². The van der Waals surface area contributed by atoms with Crippen LogP contribution >= 0.6 is 11.6 Å². The lowest BCUT2D eigenvalue weighted by atomic mass is 9.46. The molecule has 170 valence electrons. The van der Waals surface area contributed by atoms with Crippen LogP contribution in [0, 0.1) is 17.3 Å². The number of carbonyl (C=O) groups is 1. The molecule has 5 fully saturated rings. The second-order valence-corrected chi connectivity index (χ2v) is 11.4. The summed E-state index contributed by atoms with van der Waals surface area (Å²) in [5, 5.41) is 17.9. The normalized spacial score (nSPS) is 35.5. The summed E-state index contributed by atoms with van der Waals surface area (Å²) < 4.78 is 1.65. The van der Waals surface area contributed by atoms with Crippen LogP contribution in [0.15, 0.2) is 11.0 Å². The van der Waals surface area contributed by atoms with Crippen LogP contribution in [0.2, 0.25) is 5.02 Å². The lowest BCUT2D eigenvalue weighted by Gasteiger charge is -2.61. The van der Waals surface area contributed by atoms with Gasteiger partial charge in [0, 0.05) is 6.04 Å². The molecule has 5 saturated carbocycles. The van der Waals surface area contributed by atoms with E-state index in [-0.39, 0.29) is 28.0 Å². The van der Waals surface area contributed by atoms with Gasteiger partial charge in [-0.05, 0) is 68.6 Å². The van der Waals surface area contributed by atoms with Gasteiger partial charge in [-0.15, -0.1) is 0 Å². The predicted octanol–water partition coefficient (Wildman–Crippen LogP) is 5.19. The first-order valence-corrected chi connectivity index (χ1v) is 12.5. The van der Waals surface area contributed by atoms with Gasteiger partial charge in [-0.25, -0.2) is 4.68 Å². The molecule has 2 N–H and O–H groups in total. The van der Waals surface area contributed by atoms with Crippen LogP contribution in [0.3, 0.4) is 0 Å². The number of rotatable bonds is 5. The summed E-state index contributed by atoms with van der Waals surface area (Å²) in [6.07, 6.45) is 16.1. The first kappa shape index (κ1) is 21.3. The number of hydrogen-bond acceptors (Lipinski definition) is 4. The highest BCUT2D eigenvalue weighted by atomic mass is 35.5. The fraction of sp³-hybridized carbons (Fsp3) is 0.792. The van der Waals surface area contributed by atoms with Gasteiger partial charge in [0.15, 0.2) is 0 Å². The second-order valence-electron chi connectivity index (χ2n) is 11.0. The minimum atomic E-state index is -0.728. The van der Waals surface area contributed by atoms with E-state index < -0.39 is 5.97 Å². The first-order chi connectivity index (χ1) is 14.9. The Balaban J connectivity index is 1.42. The Morgan fingerprint density at radius 1 is 1.13 bits per heavy atom. The van der Waals surface area contributed by atoms with Gasteiger partial charge in [0.1, 0.15) is 5.02 Å². The molecule has 6 nitrogen and oxygen atoms in total. The Kier molecular flexibility index (Phi) is 5.56. The van der Waals surface area contributed by atoms with Crippen molar-refractivity contribution < 1.29 is 9.90 Å². The van der Waals surface area contributed by atoms with Crippen LogP contribution < -0.4 is 10.9 Å². The minimum Gasteiger partial charge on any atom is -0.481 e. The molecule has 1 aromatic heterocycles. The molecule has 0 saturated heterocycles. The van der Waals surface area contributed by atoms with E-state index in [9.17, 15) is 14.7 Å². The molecule has 5 aliphatic rings. The number of nitrogens with zero attached hydrogens (tertiary/aromatic N) is 2. The highest BCUT2D eigenvalue weighted by Gasteiger charge is 2.59.